The molecule has 5 rings (SSSR count). The Kier molecular flexibility index (Phi) is 5.34. The Morgan fingerprint density at radius 1 is 1.12 bits per heavy atom. The minimum atomic E-state index is -3.06. The molecule has 10 heteroatoms. The van der Waals surface area contributed by atoms with E-state index < -0.39 is 21.8 Å². The first kappa shape index (κ1) is 21.5. The molecular weight excluding hydrogens is 432 g/mol. The minimum absolute atomic E-state index is 0.162. The van der Waals surface area contributed by atoms with E-state index in [9.17, 15) is 22.8 Å². The molecule has 1 spiro atoms. The third-order valence-electron chi connectivity index (χ3n) is 7.33. The molecule has 2 N–H and O–H groups in total. The van der Waals surface area contributed by atoms with E-state index in [1.165, 1.54) is 0 Å². The van der Waals surface area contributed by atoms with Gasteiger partial charge in [-0.2, -0.15) is 0 Å². The maximum atomic E-state index is 13.1. The molecule has 0 radical (unpaired) electrons. The average molecular weight is 461 g/mol. The van der Waals surface area contributed by atoms with Crippen LogP contribution in [0.25, 0.3) is 0 Å². The smallest absolute Gasteiger partial charge is 0.255 e. The Bertz CT molecular complexity index is 1080. The Hall–Kier alpha value is -2.30. The largest absolute Gasteiger partial charge is 0.322 e. The molecule has 0 saturated carbocycles. The van der Waals surface area contributed by atoms with Gasteiger partial charge in [-0.1, -0.05) is 12.1 Å². The quantitative estimate of drug-likeness (QED) is 0.600. The number of imide groups is 1. The van der Waals surface area contributed by atoms with Crippen LogP contribution in [0.15, 0.2) is 18.2 Å². The van der Waals surface area contributed by atoms with E-state index in [1.54, 1.807) is 4.90 Å². The third-order valence-corrected chi connectivity index (χ3v) is 9.11. The summed E-state index contributed by atoms with van der Waals surface area (Å²) in [6.07, 6.45) is 2.16. The van der Waals surface area contributed by atoms with Crippen molar-refractivity contribution in [2.75, 3.05) is 31.1 Å². The van der Waals surface area contributed by atoms with Crippen LogP contribution in [0.4, 0.5) is 0 Å². The number of carbonyl (C=O) groups excluding carboxylic acids is 3. The maximum absolute atomic E-state index is 13.1. The van der Waals surface area contributed by atoms with Gasteiger partial charge in [-0.15, -0.1) is 0 Å². The van der Waals surface area contributed by atoms with Crippen LogP contribution in [-0.2, 0) is 32.5 Å². The van der Waals surface area contributed by atoms with E-state index in [-0.39, 0.29) is 35.3 Å². The molecule has 4 aliphatic heterocycles. The number of amides is 3. The number of rotatable bonds is 3. The SMILES string of the molecule is O=C1CCC(N2Cc3ccc(CN4CCS(=O)(=O)CC45CCNCC5)cc3C2=O)C(=O)N1. The summed E-state index contributed by atoms with van der Waals surface area (Å²) in [4.78, 5) is 40.7. The Morgan fingerprint density at radius 3 is 2.66 bits per heavy atom. The molecule has 1 atom stereocenters. The Balaban J connectivity index is 1.35. The fraction of sp³-hybridized carbons (Fsp3) is 0.591. The fourth-order valence-electron chi connectivity index (χ4n) is 5.58. The van der Waals surface area contributed by atoms with E-state index in [0.29, 0.717) is 31.6 Å². The molecule has 4 aliphatic rings. The Labute approximate surface area is 187 Å². The molecule has 32 heavy (non-hydrogen) atoms. The first-order valence-electron chi connectivity index (χ1n) is 11.2. The fourth-order valence-corrected chi connectivity index (χ4v) is 7.51. The van der Waals surface area contributed by atoms with Gasteiger partial charge in [0.05, 0.1) is 11.5 Å². The van der Waals surface area contributed by atoms with Crippen LogP contribution in [0.1, 0.15) is 47.2 Å². The predicted molar refractivity (Wildman–Crippen MR) is 116 cm³/mol. The summed E-state index contributed by atoms with van der Waals surface area (Å²) in [6, 6.07) is 5.20. The van der Waals surface area contributed by atoms with E-state index in [2.05, 4.69) is 15.5 Å². The number of nitrogens with zero attached hydrogens (tertiary/aromatic N) is 2. The summed E-state index contributed by atoms with van der Waals surface area (Å²) in [5.41, 5.74) is 2.08. The second-order valence-electron chi connectivity index (χ2n) is 9.38. The molecule has 0 bridgehead atoms. The minimum Gasteiger partial charge on any atom is -0.322 e. The topological polar surface area (TPSA) is 116 Å². The van der Waals surface area contributed by atoms with Crippen LogP contribution in [0.2, 0.25) is 0 Å². The van der Waals surface area contributed by atoms with Crippen molar-refractivity contribution in [3.63, 3.8) is 0 Å². The van der Waals surface area contributed by atoms with Gasteiger partial charge in [0, 0.05) is 37.2 Å². The molecule has 4 heterocycles. The lowest BCUT2D eigenvalue weighted by molar-refractivity contribution is -0.136. The van der Waals surface area contributed by atoms with E-state index in [1.807, 2.05) is 18.2 Å². The number of hydrogen-bond donors (Lipinski definition) is 2. The summed E-state index contributed by atoms with van der Waals surface area (Å²) < 4.78 is 24.8. The summed E-state index contributed by atoms with van der Waals surface area (Å²) in [6.45, 7) is 3.05. The molecule has 3 amide bonds. The van der Waals surface area contributed by atoms with Crippen LogP contribution in [0.5, 0.6) is 0 Å². The van der Waals surface area contributed by atoms with Crippen molar-refractivity contribution < 1.29 is 22.8 Å². The van der Waals surface area contributed by atoms with Crippen molar-refractivity contribution in [2.45, 2.75) is 50.4 Å². The summed E-state index contributed by atoms with van der Waals surface area (Å²) >= 11 is 0. The van der Waals surface area contributed by atoms with E-state index in [0.717, 1.165) is 37.1 Å². The lowest BCUT2D eigenvalue weighted by Gasteiger charge is -2.49. The molecule has 9 nitrogen and oxygen atoms in total. The van der Waals surface area contributed by atoms with Gasteiger partial charge in [0.25, 0.3) is 5.91 Å². The van der Waals surface area contributed by atoms with Crippen molar-refractivity contribution in [3.05, 3.63) is 34.9 Å². The van der Waals surface area contributed by atoms with Crippen LogP contribution < -0.4 is 10.6 Å². The predicted octanol–water partition coefficient (Wildman–Crippen LogP) is -0.200. The van der Waals surface area contributed by atoms with Crippen molar-refractivity contribution in [1.82, 2.24) is 20.4 Å². The second-order valence-corrected chi connectivity index (χ2v) is 11.6. The van der Waals surface area contributed by atoms with Gasteiger partial charge < -0.3 is 10.2 Å². The maximum Gasteiger partial charge on any atom is 0.255 e. The van der Waals surface area contributed by atoms with Gasteiger partial charge in [0.1, 0.15) is 6.04 Å². The molecule has 0 aromatic heterocycles. The normalized spacial score (nSPS) is 27.4. The van der Waals surface area contributed by atoms with E-state index >= 15 is 0 Å². The molecule has 172 valence electrons. The first-order chi connectivity index (χ1) is 15.3. The Morgan fingerprint density at radius 2 is 1.91 bits per heavy atom. The van der Waals surface area contributed by atoms with Crippen molar-refractivity contribution in [3.8, 4) is 0 Å². The highest BCUT2D eigenvalue weighted by molar-refractivity contribution is 7.91. The first-order valence-corrected chi connectivity index (χ1v) is 13.0. The number of hydrogen-bond acceptors (Lipinski definition) is 7. The number of sulfone groups is 1. The number of piperidine rings is 2. The number of benzene rings is 1. The highest BCUT2D eigenvalue weighted by Gasteiger charge is 2.45. The third kappa shape index (κ3) is 3.84. The molecule has 0 aliphatic carbocycles. The number of nitrogens with one attached hydrogen (secondary N) is 2. The van der Waals surface area contributed by atoms with Gasteiger partial charge in [-0.3, -0.25) is 24.6 Å². The van der Waals surface area contributed by atoms with Gasteiger partial charge in [-0.05, 0) is 49.5 Å². The van der Waals surface area contributed by atoms with E-state index in [4.69, 9.17) is 0 Å². The average Bonchev–Trinajstić information content (AvgIpc) is 3.06. The highest BCUT2D eigenvalue weighted by atomic mass is 32.2. The number of fused-ring (bicyclic) bond motifs is 1. The molecule has 1 unspecified atom stereocenters. The molecule has 1 aromatic rings. The van der Waals surface area contributed by atoms with Gasteiger partial charge in [0.2, 0.25) is 11.8 Å². The summed E-state index contributed by atoms with van der Waals surface area (Å²) in [5, 5.41) is 5.65. The lowest BCUT2D eigenvalue weighted by Crippen LogP contribution is -2.62. The zero-order valence-electron chi connectivity index (χ0n) is 17.9. The van der Waals surface area contributed by atoms with Crippen LogP contribution in [-0.4, -0.2) is 78.7 Å². The highest BCUT2D eigenvalue weighted by Crippen LogP contribution is 2.34. The number of carbonyl (C=O) groups is 3. The molecule has 1 aromatic carbocycles. The summed E-state index contributed by atoms with van der Waals surface area (Å²) in [7, 11) is -3.06. The molecule has 3 saturated heterocycles. The van der Waals surface area contributed by atoms with Crippen LogP contribution >= 0.6 is 0 Å². The van der Waals surface area contributed by atoms with Gasteiger partial charge >= 0.3 is 0 Å². The monoisotopic (exact) mass is 460 g/mol. The molecule has 3 fully saturated rings. The second kappa shape index (κ2) is 7.93. The standard InChI is InChI=1S/C22H28N4O5S/c27-19-4-3-18(20(28)24-19)26-13-16-2-1-15(11-17(16)21(26)29)12-25-9-10-32(30,31)14-22(25)5-7-23-8-6-22/h1-2,11,18,23H,3-10,12-14H2,(H,24,27,28). The van der Waals surface area contributed by atoms with Crippen molar-refractivity contribution in [1.29, 1.82) is 0 Å². The zero-order valence-corrected chi connectivity index (χ0v) is 18.7. The van der Waals surface area contributed by atoms with Crippen molar-refractivity contribution >= 4 is 27.6 Å². The zero-order chi connectivity index (χ0) is 22.5. The lowest BCUT2D eigenvalue weighted by atomic mass is 9.87. The van der Waals surface area contributed by atoms with Gasteiger partial charge in [0.15, 0.2) is 9.84 Å². The van der Waals surface area contributed by atoms with Crippen LogP contribution in [0, 0.1) is 0 Å². The van der Waals surface area contributed by atoms with Gasteiger partial charge in [-0.25, -0.2) is 8.42 Å². The van der Waals surface area contributed by atoms with Crippen molar-refractivity contribution in [2.24, 2.45) is 0 Å². The summed E-state index contributed by atoms with van der Waals surface area (Å²) in [5.74, 6) is -0.545. The van der Waals surface area contributed by atoms with Crippen LogP contribution in [0.3, 0.4) is 0 Å². The molecular formula is C22H28N4O5S.